The van der Waals surface area contributed by atoms with E-state index in [1.165, 1.54) is 0 Å². The van der Waals surface area contributed by atoms with Crippen LogP contribution in [-0.4, -0.2) is 32.3 Å². The molecule has 0 aliphatic heterocycles. The third kappa shape index (κ3) is 4.80. The summed E-state index contributed by atoms with van der Waals surface area (Å²) in [6.07, 6.45) is 1.60. The molecule has 1 atom stereocenters. The summed E-state index contributed by atoms with van der Waals surface area (Å²) in [5.74, 6) is 0. The fourth-order valence-corrected chi connectivity index (χ4v) is 2.81. The maximum absolute atomic E-state index is 12.0. The van der Waals surface area contributed by atoms with Gasteiger partial charge in [0, 0.05) is 12.1 Å². The Morgan fingerprint density at radius 3 is 2.06 bits per heavy atom. The molecule has 1 unspecified atom stereocenters. The molecule has 4 nitrogen and oxygen atoms in total. The van der Waals surface area contributed by atoms with Crippen molar-refractivity contribution in [3.05, 3.63) is 0 Å². The van der Waals surface area contributed by atoms with Gasteiger partial charge in [0.15, 0.2) is 0 Å². The maximum Gasteiger partial charge on any atom is 0.215 e. The van der Waals surface area contributed by atoms with Gasteiger partial charge in [0.25, 0.3) is 0 Å². The van der Waals surface area contributed by atoms with Gasteiger partial charge >= 0.3 is 0 Å². The quantitative estimate of drug-likeness (QED) is 0.686. The van der Waals surface area contributed by atoms with Gasteiger partial charge in [0.2, 0.25) is 10.0 Å². The Labute approximate surface area is 100 Å². The summed E-state index contributed by atoms with van der Waals surface area (Å²) in [6, 6.07) is 0. The smallest absolute Gasteiger partial charge is 0.215 e. The average molecular weight is 250 g/mol. The summed E-state index contributed by atoms with van der Waals surface area (Å²) in [7, 11) is -3.23. The van der Waals surface area contributed by atoms with Crippen molar-refractivity contribution in [2.24, 2.45) is 0 Å². The third-order valence-corrected chi connectivity index (χ3v) is 5.16. The van der Waals surface area contributed by atoms with Crippen LogP contribution in [0.2, 0.25) is 0 Å². The van der Waals surface area contributed by atoms with Crippen molar-refractivity contribution in [2.45, 2.75) is 58.2 Å². The molecule has 0 bridgehead atoms. The van der Waals surface area contributed by atoms with E-state index in [0.29, 0.717) is 6.54 Å². The molecule has 0 aliphatic carbocycles. The molecule has 0 amide bonds. The standard InChI is InChI=1S/C11H26N2O2S/c1-6-11(5,7-2)13-16(14,15)10(4)9-12-8-3/h10,12-13H,6-9H2,1-5H3. The molecule has 0 radical (unpaired) electrons. The zero-order valence-corrected chi connectivity index (χ0v) is 11.9. The summed E-state index contributed by atoms with van der Waals surface area (Å²) >= 11 is 0. The van der Waals surface area contributed by atoms with Crippen molar-refractivity contribution in [3.63, 3.8) is 0 Å². The lowest BCUT2D eigenvalue weighted by Gasteiger charge is -2.29. The SMILES string of the molecule is CCNCC(C)S(=O)(=O)NC(C)(CC)CC. The Bertz CT molecular complexity index is 284. The van der Waals surface area contributed by atoms with Crippen LogP contribution in [-0.2, 0) is 10.0 Å². The monoisotopic (exact) mass is 250 g/mol. The van der Waals surface area contributed by atoms with E-state index >= 15 is 0 Å². The molecule has 98 valence electrons. The highest BCUT2D eigenvalue weighted by Gasteiger charge is 2.29. The van der Waals surface area contributed by atoms with E-state index < -0.39 is 15.3 Å². The molecule has 0 saturated carbocycles. The molecule has 0 heterocycles. The Morgan fingerprint density at radius 2 is 1.69 bits per heavy atom. The lowest BCUT2D eigenvalue weighted by molar-refractivity contribution is 0.386. The summed E-state index contributed by atoms with van der Waals surface area (Å²) < 4.78 is 26.8. The average Bonchev–Trinajstić information content (AvgIpc) is 2.24. The second-order valence-electron chi connectivity index (χ2n) is 4.53. The van der Waals surface area contributed by atoms with Crippen molar-refractivity contribution in [2.75, 3.05) is 13.1 Å². The molecule has 0 spiro atoms. The predicted octanol–water partition coefficient (Wildman–Crippen LogP) is 1.48. The van der Waals surface area contributed by atoms with E-state index in [0.717, 1.165) is 19.4 Å². The van der Waals surface area contributed by atoms with Crippen LogP contribution in [0.3, 0.4) is 0 Å². The topological polar surface area (TPSA) is 58.2 Å². The maximum atomic E-state index is 12.0. The fraction of sp³-hybridized carbons (Fsp3) is 1.00. The van der Waals surface area contributed by atoms with E-state index in [9.17, 15) is 8.42 Å². The number of sulfonamides is 1. The van der Waals surface area contributed by atoms with Crippen molar-refractivity contribution < 1.29 is 8.42 Å². The van der Waals surface area contributed by atoms with Crippen molar-refractivity contribution in [1.82, 2.24) is 10.0 Å². The highest BCUT2D eigenvalue weighted by Crippen LogP contribution is 2.16. The second-order valence-corrected chi connectivity index (χ2v) is 6.63. The Morgan fingerprint density at radius 1 is 1.19 bits per heavy atom. The molecule has 5 heteroatoms. The minimum Gasteiger partial charge on any atom is -0.316 e. The van der Waals surface area contributed by atoms with Crippen LogP contribution in [0, 0.1) is 0 Å². The molecule has 0 aliphatic rings. The van der Waals surface area contributed by atoms with E-state index in [4.69, 9.17) is 0 Å². The fourth-order valence-electron chi connectivity index (χ4n) is 1.30. The zero-order chi connectivity index (χ0) is 12.8. The van der Waals surface area contributed by atoms with Crippen molar-refractivity contribution >= 4 is 10.0 Å². The number of hydrogen-bond acceptors (Lipinski definition) is 3. The molecule has 0 aromatic rings. The predicted molar refractivity (Wildman–Crippen MR) is 69.0 cm³/mol. The van der Waals surface area contributed by atoms with E-state index in [1.54, 1.807) is 6.92 Å². The van der Waals surface area contributed by atoms with Crippen LogP contribution >= 0.6 is 0 Å². The van der Waals surface area contributed by atoms with Gasteiger partial charge in [-0.25, -0.2) is 13.1 Å². The van der Waals surface area contributed by atoms with Gasteiger partial charge in [0.1, 0.15) is 0 Å². The van der Waals surface area contributed by atoms with Gasteiger partial charge in [-0.1, -0.05) is 20.8 Å². The molecule has 0 rings (SSSR count). The normalized spacial score (nSPS) is 15.1. The van der Waals surface area contributed by atoms with Gasteiger partial charge in [-0.2, -0.15) is 0 Å². The highest BCUT2D eigenvalue weighted by atomic mass is 32.2. The summed E-state index contributed by atoms with van der Waals surface area (Å²) in [6.45, 7) is 10.9. The zero-order valence-electron chi connectivity index (χ0n) is 11.1. The minimum absolute atomic E-state index is 0.320. The molecular formula is C11H26N2O2S. The number of hydrogen-bond donors (Lipinski definition) is 2. The first-order chi connectivity index (χ1) is 7.31. The summed E-state index contributed by atoms with van der Waals surface area (Å²) in [5, 5.41) is 2.66. The molecule has 0 fully saturated rings. The van der Waals surface area contributed by atoms with Crippen LogP contribution in [0.25, 0.3) is 0 Å². The van der Waals surface area contributed by atoms with Crippen LogP contribution in [0.15, 0.2) is 0 Å². The molecule has 2 N–H and O–H groups in total. The molecule has 16 heavy (non-hydrogen) atoms. The van der Waals surface area contributed by atoms with E-state index in [2.05, 4.69) is 10.0 Å². The largest absolute Gasteiger partial charge is 0.316 e. The first-order valence-corrected chi connectivity index (χ1v) is 7.59. The lowest BCUT2D eigenvalue weighted by Crippen LogP contribution is -2.49. The van der Waals surface area contributed by atoms with Gasteiger partial charge in [-0.3, -0.25) is 0 Å². The van der Waals surface area contributed by atoms with Crippen LogP contribution in [0.5, 0.6) is 0 Å². The Hall–Kier alpha value is -0.130. The van der Waals surface area contributed by atoms with Crippen LogP contribution in [0.4, 0.5) is 0 Å². The van der Waals surface area contributed by atoms with Gasteiger partial charge < -0.3 is 5.32 Å². The minimum atomic E-state index is -3.23. The molecular weight excluding hydrogens is 224 g/mol. The van der Waals surface area contributed by atoms with E-state index in [1.807, 2.05) is 27.7 Å². The van der Waals surface area contributed by atoms with Crippen molar-refractivity contribution in [1.29, 1.82) is 0 Å². The van der Waals surface area contributed by atoms with Gasteiger partial charge in [0.05, 0.1) is 5.25 Å². The first-order valence-electron chi connectivity index (χ1n) is 6.04. The Balaban J connectivity index is 4.55. The van der Waals surface area contributed by atoms with Gasteiger partial charge in [-0.15, -0.1) is 0 Å². The van der Waals surface area contributed by atoms with Crippen LogP contribution in [0.1, 0.15) is 47.5 Å². The highest BCUT2D eigenvalue weighted by molar-refractivity contribution is 7.90. The molecule has 0 aromatic carbocycles. The number of nitrogens with one attached hydrogen (secondary N) is 2. The van der Waals surface area contributed by atoms with Crippen molar-refractivity contribution in [3.8, 4) is 0 Å². The van der Waals surface area contributed by atoms with Gasteiger partial charge in [-0.05, 0) is 33.2 Å². The summed E-state index contributed by atoms with van der Waals surface area (Å²) in [4.78, 5) is 0. The summed E-state index contributed by atoms with van der Waals surface area (Å²) in [5.41, 5.74) is -0.320. The molecule has 0 aromatic heterocycles. The van der Waals surface area contributed by atoms with E-state index in [-0.39, 0.29) is 5.54 Å². The second kappa shape index (κ2) is 6.57. The Kier molecular flexibility index (Phi) is 6.51. The molecule has 0 saturated heterocycles. The van der Waals surface area contributed by atoms with Crippen LogP contribution < -0.4 is 10.0 Å². The number of rotatable bonds is 8. The third-order valence-electron chi connectivity index (χ3n) is 3.16. The first kappa shape index (κ1) is 15.9. The lowest BCUT2D eigenvalue weighted by atomic mass is 9.98.